The number of hydrogen-bond acceptors (Lipinski definition) is 3. The average molecular weight is 285 g/mol. The average Bonchev–Trinajstić information content (AvgIpc) is 2.76. The Morgan fingerprint density at radius 1 is 1.62 bits per heavy atom. The molecule has 1 saturated heterocycles. The molecular formula is C11H13BrN2O2. The van der Waals surface area contributed by atoms with Gasteiger partial charge in [-0.25, -0.2) is 0 Å². The van der Waals surface area contributed by atoms with Crippen LogP contribution in [0.5, 0.6) is 0 Å². The molecule has 86 valence electrons. The van der Waals surface area contributed by atoms with Crippen molar-refractivity contribution >= 4 is 27.5 Å². The van der Waals surface area contributed by atoms with Gasteiger partial charge in [0.25, 0.3) is 5.91 Å². The Morgan fingerprint density at radius 3 is 3.06 bits per heavy atom. The predicted molar refractivity (Wildman–Crippen MR) is 64.3 cm³/mol. The molecule has 2 rings (SSSR count). The smallest absolute Gasteiger partial charge is 0.253 e. The summed E-state index contributed by atoms with van der Waals surface area (Å²) in [5, 5.41) is 2.87. The molecule has 1 aromatic rings. The maximum Gasteiger partial charge on any atom is 0.253 e. The van der Waals surface area contributed by atoms with Gasteiger partial charge in [0.05, 0.1) is 10.2 Å². The highest BCUT2D eigenvalue weighted by Gasteiger charge is 2.24. The zero-order valence-corrected chi connectivity index (χ0v) is 10.6. The molecule has 16 heavy (non-hydrogen) atoms. The molecule has 0 aliphatic carbocycles. The van der Waals surface area contributed by atoms with Gasteiger partial charge in [-0.3, -0.25) is 9.78 Å². The number of nitrogens with one attached hydrogen (secondary N) is 1. The van der Waals surface area contributed by atoms with Crippen molar-refractivity contribution in [3.63, 3.8) is 0 Å². The van der Waals surface area contributed by atoms with Gasteiger partial charge in [-0.05, 0) is 41.3 Å². The topological polar surface area (TPSA) is 51.2 Å². The standard InChI is InChI=1S/C11H13BrN2O2/c1-7-5-13-6-8(12)10(7)14-11(15)9-3-2-4-16-9/h5-6,9H,2-4H2,1H3,(H,13,14,15)/t9-/m1/s1. The number of amides is 1. The second-order valence-corrected chi connectivity index (χ2v) is 4.66. The zero-order valence-electron chi connectivity index (χ0n) is 9.00. The van der Waals surface area contributed by atoms with Crippen molar-refractivity contribution in [2.75, 3.05) is 11.9 Å². The van der Waals surface area contributed by atoms with E-state index < -0.39 is 0 Å². The molecule has 1 aromatic heterocycles. The van der Waals surface area contributed by atoms with E-state index in [-0.39, 0.29) is 12.0 Å². The van der Waals surface area contributed by atoms with Gasteiger partial charge in [-0.1, -0.05) is 0 Å². The molecule has 2 heterocycles. The second kappa shape index (κ2) is 4.93. The molecule has 4 nitrogen and oxygen atoms in total. The highest BCUT2D eigenvalue weighted by molar-refractivity contribution is 9.10. The van der Waals surface area contributed by atoms with E-state index in [1.54, 1.807) is 12.4 Å². The van der Waals surface area contributed by atoms with Crippen LogP contribution in [-0.2, 0) is 9.53 Å². The number of carbonyl (C=O) groups excluding carboxylic acids is 1. The Kier molecular flexibility index (Phi) is 3.56. The lowest BCUT2D eigenvalue weighted by atomic mass is 10.2. The summed E-state index contributed by atoms with van der Waals surface area (Å²) in [6, 6.07) is 0. The maximum absolute atomic E-state index is 11.8. The summed E-state index contributed by atoms with van der Waals surface area (Å²) >= 11 is 3.37. The largest absolute Gasteiger partial charge is 0.368 e. The molecule has 0 aromatic carbocycles. The fourth-order valence-electron chi connectivity index (χ4n) is 1.68. The van der Waals surface area contributed by atoms with Gasteiger partial charge < -0.3 is 10.1 Å². The molecule has 1 atom stereocenters. The normalized spacial score (nSPS) is 19.8. The Labute approximate surface area is 103 Å². The summed E-state index contributed by atoms with van der Waals surface area (Å²) in [4.78, 5) is 15.9. The molecule has 1 fully saturated rings. The Balaban J connectivity index is 2.11. The van der Waals surface area contributed by atoms with E-state index in [1.807, 2.05) is 6.92 Å². The molecular weight excluding hydrogens is 272 g/mol. The van der Waals surface area contributed by atoms with E-state index in [0.29, 0.717) is 6.61 Å². The number of halogens is 1. The van der Waals surface area contributed by atoms with Crippen molar-refractivity contribution in [2.45, 2.75) is 25.9 Å². The minimum absolute atomic E-state index is 0.0764. The van der Waals surface area contributed by atoms with E-state index in [0.717, 1.165) is 28.6 Å². The second-order valence-electron chi connectivity index (χ2n) is 3.80. The summed E-state index contributed by atoms with van der Waals surface area (Å²) in [5.41, 5.74) is 1.70. The molecule has 1 aliphatic rings. The van der Waals surface area contributed by atoms with E-state index in [2.05, 4.69) is 26.2 Å². The van der Waals surface area contributed by atoms with Gasteiger partial charge in [0.1, 0.15) is 6.10 Å². The molecule has 0 spiro atoms. The lowest BCUT2D eigenvalue weighted by molar-refractivity contribution is -0.124. The zero-order chi connectivity index (χ0) is 11.5. The Bertz CT molecular complexity index is 383. The predicted octanol–water partition coefficient (Wildman–Crippen LogP) is 2.27. The number of aromatic nitrogens is 1. The first-order valence-corrected chi connectivity index (χ1v) is 6.00. The van der Waals surface area contributed by atoms with Crippen molar-refractivity contribution in [2.24, 2.45) is 0 Å². The number of ether oxygens (including phenoxy) is 1. The minimum Gasteiger partial charge on any atom is -0.368 e. The summed E-state index contributed by atoms with van der Waals surface area (Å²) in [7, 11) is 0. The third-order valence-corrected chi connectivity index (χ3v) is 3.16. The fraction of sp³-hybridized carbons (Fsp3) is 0.455. The molecule has 1 amide bonds. The monoisotopic (exact) mass is 284 g/mol. The molecule has 0 saturated carbocycles. The molecule has 0 bridgehead atoms. The highest BCUT2D eigenvalue weighted by atomic mass is 79.9. The van der Waals surface area contributed by atoms with Crippen LogP contribution in [0.2, 0.25) is 0 Å². The number of carbonyl (C=O) groups is 1. The van der Waals surface area contributed by atoms with E-state index in [4.69, 9.17) is 4.74 Å². The van der Waals surface area contributed by atoms with Crippen molar-refractivity contribution in [1.82, 2.24) is 4.98 Å². The maximum atomic E-state index is 11.8. The first-order chi connectivity index (χ1) is 7.68. The van der Waals surface area contributed by atoms with Crippen molar-refractivity contribution < 1.29 is 9.53 Å². The van der Waals surface area contributed by atoms with Crippen LogP contribution < -0.4 is 5.32 Å². The van der Waals surface area contributed by atoms with Gasteiger partial charge in [-0.15, -0.1) is 0 Å². The first-order valence-electron chi connectivity index (χ1n) is 5.21. The number of nitrogens with zero attached hydrogens (tertiary/aromatic N) is 1. The quantitative estimate of drug-likeness (QED) is 0.907. The summed E-state index contributed by atoms with van der Waals surface area (Å²) in [6.07, 6.45) is 4.83. The number of aryl methyl sites for hydroxylation is 1. The van der Waals surface area contributed by atoms with Gasteiger partial charge in [0.15, 0.2) is 0 Å². The summed E-state index contributed by atoms with van der Waals surface area (Å²) in [6.45, 7) is 2.58. The number of hydrogen-bond donors (Lipinski definition) is 1. The van der Waals surface area contributed by atoms with Crippen LogP contribution >= 0.6 is 15.9 Å². The Morgan fingerprint density at radius 2 is 2.44 bits per heavy atom. The van der Waals surface area contributed by atoms with Crippen molar-refractivity contribution in [1.29, 1.82) is 0 Å². The van der Waals surface area contributed by atoms with E-state index in [1.165, 1.54) is 0 Å². The highest BCUT2D eigenvalue weighted by Crippen LogP contribution is 2.25. The van der Waals surface area contributed by atoms with Crippen LogP contribution in [0, 0.1) is 6.92 Å². The van der Waals surface area contributed by atoms with Gasteiger partial charge in [-0.2, -0.15) is 0 Å². The number of pyridine rings is 1. The molecule has 5 heteroatoms. The van der Waals surface area contributed by atoms with Gasteiger partial charge >= 0.3 is 0 Å². The molecule has 1 aliphatic heterocycles. The molecule has 1 N–H and O–H groups in total. The lowest BCUT2D eigenvalue weighted by Crippen LogP contribution is -2.27. The minimum atomic E-state index is -0.306. The Hall–Kier alpha value is -0.940. The van der Waals surface area contributed by atoms with Crippen LogP contribution in [0.1, 0.15) is 18.4 Å². The summed E-state index contributed by atoms with van der Waals surface area (Å²) < 4.78 is 6.11. The van der Waals surface area contributed by atoms with Gasteiger partial charge in [0, 0.05) is 19.0 Å². The number of anilines is 1. The molecule has 0 radical (unpaired) electrons. The van der Waals surface area contributed by atoms with Crippen LogP contribution in [-0.4, -0.2) is 23.6 Å². The lowest BCUT2D eigenvalue weighted by Gasteiger charge is -2.13. The first kappa shape index (κ1) is 11.5. The fourth-order valence-corrected chi connectivity index (χ4v) is 2.21. The third-order valence-electron chi connectivity index (χ3n) is 2.56. The van der Waals surface area contributed by atoms with E-state index in [9.17, 15) is 4.79 Å². The van der Waals surface area contributed by atoms with E-state index >= 15 is 0 Å². The van der Waals surface area contributed by atoms with Crippen molar-refractivity contribution in [3.05, 3.63) is 22.4 Å². The third kappa shape index (κ3) is 2.41. The summed E-state index contributed by atoms with van der Waals surface area (Å²) in [5.74, 6) is -0.0764. The SMILES string of the molecule is Cc1cncc(Br)c1NC(=O)[C@H]1CCCO1. The number of rotatable bonds is 2. The van der Waals surface area contributed by atoms with Crippen LogP contribution in [0.3, 0.4) is 0 Å². The van der Waals surface area contributed by atoms with Crippen LogP contribution in [0.4, 0.5) is 5.69 Å². The molecule has 0 unspecified atom stereocenters. The van der Waals surface area contributed by atoms with Crippen molar-refractivity contribution in [3.8, 4) is 0 Å². The van der Waals surface area contributed by atoms with Crippen LogP contribution in [0.15, 0.2) is 16.9 Å². The van der Waals surface area contributed by atoms with Crippen LogP contribution in [0.25, 0.3) is 0 Å². The van der Waals surface area contributed by atoms with Gasteiger partial charge in [0.2, 0.25) is 0 Å².